The first-order valence-corrected chi connectivity index (χ1v) is 7.26. The maximum atomic E-state index is 9.41. The summed E-state index contributed by atoms with van der Waals surface area (Å²) in [6.07, 6.45) is 2.31. The largest absolute Gasteiger partial charge is 0.392 e. The fraction of sp³-hybridized carbons (Fsp3) is 0.571. The molecule has 1 aliphatic rings. The first kappa shape index (κ1) is 13.8. The fourth-order valence-electron chi connectivity index (χ4n) is 2.01. The standard InChI is InChI=1S/C14H21BrN2O/c1-10(18)9-17(2)14-6-3-11(7-13(14)15)8-16-12-4-5-12/h3,6-7,10,12,16,18H,4-5,8-9H2,1-2H3. The maximum Gasteiger partial charge on any atom is 0.0686 e. The molecule has 100 valence electrons. The Labute approximate surface area is 117 Å². The summed E-state index contributed by atoms with van der Waals surface area (Å²) < 4.78 is 1.08. The van der Waals surface area contributed by atoms with Crippen molar-refractivity contribution in [2.75, 3.05) is 18.5 Å². The van der Waals surface area contributed by atoms with Gasteiger partial charge in [0.05, 0.1) is 11.8 Å². The van der Waals surface area contributed by atoms with Gasteiger partial charge in [-0.2, -0.15) is 0 Å². The fourth-order valence-corrected chi connectivity index (χ4v) is 2.74. The van der Waals surface area contributed by atoms with Crippen LogP contribution in [0.15, 0.2) is 22.7 Å². The smallest absolute Gasteiger partial charge is 0.0686 e. The molecule has 1 aromatic rings. The van der Waals surface area contributed by atoms with Gasteiger partial charge in [0, 0.05) is 30.7 Å². The monoisotopic (exact) mass is 312 g/mol. The van der Waals surface area contributed by atoms with Gasteiger partial charge in [-0.15, -0.1) is 0 Å². The van der Waals surface area contributed by atoms with E-state index in [0.29, 0.717) is 6.54 Å². The van der Waals surface area contributed by atoms with Gasteiger partial charge in [0.15, 0.2) is 0 Å². The number of likely N-dealkylation sites (N-methyl/N-ethyl adjacent to an activating group) is 1. The molecule has 1 aliphatic carbocycles. The van der Waals surface area contributed by atoms with Crippen molar-refractivity contribution < 1.29 is 5.11 Å². The molecule has 1 unspecified atom stereocenters. The molecule has 1 fully saturated rings. The summed E-state index contributed by atoms with van der Waals surface area (Å²) in [6, 6.07) is 7.15. The zero-order valence-electron chi connectivity index (χ0n) is 11.0. The third kappa shape index (κ3) is 3.97. The molecule has 1 aromatic carbocycles. The van der Waals surface area contributed by atoms with Crippen LogP contribution >= 0.6 is 15.9 Å². The number of nitrogens with zero attached hydrogens (tertiary/aromatic N) is 1. The number of anilines is 1. The van der Waals surface area contributed by atoms with Crippen molar-refractivity contribution >= 4 is 21.6 Å². The molecule has 0 bridgehead atoms. The number of hydrogen-bond donors (Lipinski definition) is 2. The van der Waals surface area contributed by atoms with Gasteiger partial charge in [-0.1, -0.05) is 6.07 Å². The molecule has 0 saturated heterocycles. The molecule has 0 amide bonds. The molecular formula is C14H21BrN2O. The lowest BCUT2D eigenvalue weighted by Gasteiger charge is -2.22. The Bertz CT molecular complexity index is 405. The quantitative estimate of drug-likeness (QED) is 0.847. The maximum absolute atomic E-state index is 9.41. The van der Waals surface area contributed by atoms with Crippen LogP contribution < -0.4 is 10.2 Å². The zero-order chi connectivity index (χ0) is 13.1. The second-order valence-corrected chi connectivity index (χ2v) is 6.02. The van der Waals surface area contributed by atoms with E-state index in [1.165, 1.54) is 18.4 Å². The van der Waals surface area contributed by atoms with E-state index in [-0.39, 0.29) is 6.10 Å². The van der Waals surface area contributed by atoms with E-state index in [9.17, 15) is 5.11 Å². The molecule has 0 spiro atoms. The van der Waals surface area contributed by atoms with E-state index in [1.54, 1.807) is 6.92 Å². The molecule has 1 atom stereocenters. The van der Waals surface area contributed by atoms with Crippen LogP contribution in [0.5, 0.6) is 0 Å². The molecule has 0 heterocycles. The average molecular weight is 313 g/mol. The Morgan fingerprint density at radius 1 is 1.50 bits per heavy atom. The second kappa shape index (κ2) is 6.04. The molecule has 4 heteroatoms. The van der Waals surface area contributed by atoms with Crippen LogP contribution in [0.25, 0.3) is 0 Å². The molecular weight excluding hydrogens is 292 g/mol. The van der Waals surface area contributed by atoms with E-state index < -0.39 is 0 Å². The molecule has 3 nitrogen and oxygen atoms in total. The highest BCUT2D eigenvalue weighted by Gasteiger charge is 2.20. The van der Waals surface area contributed by atoms with Crippen LogP contribution in [0.4, 0.5) is 5.69 Å². The minimum atomic E-state index is -0.321. The lowest BCUT2D eigenvalue weighted by molar-refractivity contribution is 0.201. The third-order valence-electron chi connectivity index (χ3n) is 3.13. The Hall–Kier alpha value is -0.580. The normalized spacial score (nSPS) is 16.7. The van der Waals surface area contributed by atoms with Crippen molar-refractivity contribution in [3.05, 3.63) is 28.2 Å². The van der Waals surface area contributed by atoms with Gasteiger partial charge >= 0.3 is 0 Å². The average Bonchev–Trinajstić information content (AvgIpc) is 3.09. The summed E-state index contributed by atoms with van der Waals surface area (Å²) in [5, 5.41) is 12.9. The van der Waals surface area contributed by atoms with Crippen molar-refractivity contribution in [2.45, 2.75) is 38.5 Å². The van der Waals surface area contributed by atoms with Crippen molar-refractivity contribution in [1.82, 2.24) is 5.32 Å². The number of hydrogen-bond acceptors (Lipinski definition) is 3. The zero-order valence-corrected chi connectivity index (χ0v) is 12.6. The highest BCUT2D eigenvalue weighted by Crippen LogP contribution is 2.27. The van der Waals surface area contributed by atoms with E-state index >= 15 is 0 Å². The van der Waals surface area contributed by atoms with Gasteiger partial charge in [0.1, 0.15) is 0 Å². The third-order valence-corrected chi connectivity index (χ3v) is 3.77. The minimum absolute atomic E-state index is 0.321. The summed E-state index contributed by atoms with van der Waals surface area (Å²) >= 11 is 3.61. The first-order chi connectivity index (χ1) is 8.56. The Morgan fingerprint density at radius 2 is 2.22 bits per heavy atom. The summed E-state index contributed by atoms with van der Waals surface area (Å²) in [7, 11) is 1.99. The summed E-state index contributed by atoms with van der Waals surface area (Å²) in [6.45, 7) is 3.38. The molecule has 0 aliphatic heterocycles. The van der Waals surface area contributed by atoms with Crippen molar-refractivity contribution in [3.8, 4) is 0 Å². The predicted molar refractivity (Wildman–Crippen MR) is 79.0 cm³/mol. The lowest BCUT2D eigenvalue weighted by Crippen LogP contribution is -2.27. The summed E-state index contributed by atoms with van der Waals surface area (Å²) in [5.41, 5.74) is 2.41. The van der Waals surface area contributed by atoms with Crippen LogP contribution in [-0.2, 0) is 6.54 Å². The van der Waals surface area contributed by atoms with Crippen molar-refractivity contribution in [3.63, 3.8) is 0 Å². The van der Waals surface area contributed by atoms with E-state index in [1.807, 2.05) is 7.05 Å². The Kier molecular flexibility index (Phi) is 4.65. The highest BCUT2D eigenvalue weighted by molar-refractivity contribution is 9.10. The topological polar surface area (TPSA) is 35.5 Å². The Morgan fingerprint density at radius 3 is 2.78 bits per heavy atom. The predicted octanol–water partition coefficient (Wildman–Crippen LogP) is 2.52. The number of aliphatic hydroxyl groups excluding tert-OH is 1. The van der Waals surface area contributed by atoms with Gasteiger partial charge in [0.25, 0.3) is 0 Å². The number of rotatable bonds is 6. The molecule has 0 radical (unpaired) electrons. The van der Waals surface area contributed by atoms with Gasteiger partial charge in [-0.05, 0) is 53.4 Å². The lowest BCUT2D eigenvalue weighted by atomic mass is 10.2. The van der Waals surface area contributed by atoms with Crippen LogP contribution in [0.1, 0.15) is 25.3 Å². The van der Waals surface area contributed by atoms with Crippen molar-refractivity contribution in [1.29, 1.82) is 0 Å². The van der Waals surface area contributed by atoms with Gasteiger partial charge in [0.2, 0.25) is 0 Å². The first-order valence-electron chi connectivity index (χ1n) is 6.47. The summed E-state index contributed by atoms with van der Waals surface area (Å²) in [5.74, 6) is 0. The van der Waals surface area contributed by atoms with Crippen LogP contribution in [0, 0.1) is 0 Å². The molecule has 0 aromatic heterocycles. The van der Waals surface area contributed by atoms with Crippen LogP contribution in [-0.4, -0.2) is 30.8 Å². The molecule has 2 N–H and O–H groups in total. The SMILES string of the molecule is CC(O)CN(C)c1ccc(CNC2CC2)cc1Br. The van der Waals surface area contributed by atoms with Crippen LogP contribution in [0.3, 0.4) is 0 Å². The number of halogens is 1. The van der Waals surface area contributed by atoms with Crippen molar-refractivity contribution in [2.24, 2.45) is 0 Å². The molecule has 2 rings (SSSR count). The molecule has 18 heavy (non-hydrogen) atoms. The van der Waals surface area contributed by atoms with E-state index in [0.717, 1.165) is 22.7 Å². The number of nitrogens with one attached hydrogen (secondary N) is 1. The minimum Gasteiger partial charge on any atom is -0.392 e. The van der Waals surface area contributed by atoms with Gasteiger partial charge in [-0.25, -0.2) is 0 Å². The van der Waals surface area contributed by atoms with E-state index in [2.05, 4.69) is 44.3 Å². The van der Waals surface area contributed by atoms with E-state index in [4.69, 9.17) is 0 Å². The Balaban J connectivity index is 1.99. The van der Waals surface area contributed by atoms with Gasteiger partial charge < -0.3 is 15.3 Å². The highest BCUT2D eigenvalue weighted by atomic mass is 79.9. The second-order valence-electron chi connectivity index (χ2n) is 5.17. The summed E-state index contributed by atoms with van der Waals surface area (Å²) in [4.78, 5) is 2.06. The molecule has 1 saturated carbocycles. The number of benzene rings is 1. The van der Waals surface area contributed by atoms with Gasteiger partial charge in [-0.3, -0.25) is 0 Å². The van der Waals surface area contributed by atoms with Crippen LogP contribution in [0.2, 0.25) is 0 Å². The number of aliphatic hydroxyl groups is 1.